The Kier molecular flexibility index (Phi) is 6.00. The summed E-state index contributed by atoms with van der Waals surface area (Å²) in [6.07, 6.45) is 1.35. The first kappa shape index (κ1) is 20.6. The minimum atomic E-state index is -3.89. The van der Waals surface area contributed by atoms with E-state index in [9.17, 15) is 23.3 Å². The van der Waals surface area contributed by atoms with Crippen LogP contribution in [0.25, 0.3) is 0 Å². The first-order valence-electron chi connectivity index (χ1n) is 8.34. The molecule has 0 saturated heterocycles. The van der Waals surface area contributed by atoms with Crippen molar-refractivity contribution in [1.29, 1.82) is 0 Å². The summed E-state index contributed by atoms with van der Waals surface area (Å²) < 4.78 is 31.4. The minimum absolute atomic E-state index is 0.0351. The fourth-order valence-corrected chi connectivity index (χ4v) is 4.36. The zero-order chi connectivity index (χ0) is 21.0. The lowest BCUT2D eigenvalue weighted by molar-refractivity contribution is -0.384. The van der Waals surface area contributed by atoms with Crippen LogP contribution >= 0.6 is 11.6 Å². The number of furan rings is 1. The number of carbonyl (C=O) groups is 1. The molecule has 0 radical (unpaired) electrons. The maximum Gasteiger partial charge on any atom is 0.269 e. The van der Waals surface area contributed by atoms with Crippen molar-refractivity contribution in [2.24, 2.45) is 0 Å². The number of nitrogens with zero attached hydrogens (tertiary/aromatic N) is 1. The predicted molar refractivity (Wildman–Crippen MR) is 106 cm³/mol. The molecule has 1 heterocycles. The number of nitro groups is 1. The van der Waals surface area contributed by atoms with Crippen molar-refractivity contribution in [3.05, 3.63) is 93.4 Å². The van der Waals surface area contributed by atoms with E-state index in [1.165, 1.54) is 60.9 Å². The number of hydrogen-bond donors (Lipinski definition) is 1. The molecule has 3 rings (SSSR count). The van der Waals surface area contributed by atoms with Gasteiger partial charge in [0, 0.05) is 29.3 Å². The molecule has 0 saturated carbocycles. The molecule has 2 aromatic carbocycles. The van der Waals surface area contributed by atoms with Crippen molar-refractivity contribution in [1.82, 2.24) is 5.32 Å². The van der Waals surface area contributed by atoms with Crippen molar-refractivity contribution < 1.29 is 22.6 Å². The summed E-state index contributed by atoms with van der Waals surface area (Å²) in [5, 5.41) is 12.5. The third-order valence-corrected chi connectivity index (χ3v) is 6.49. The van der Waals surface area contributed by atoms with Gasteiger partial charge in [-0.15, -0.1) is 0 Å². The Balaban J connectivity index is 1.82. The Morgan fingerprint density at radius 1 is 1.10 bits per heavy atom. The Morgan fingerprint density at radius 3 is 2.31 bits per heavy atom. The van der Waals surface area contributed by atoms with E-state index in [0.29, 0.717) is 5.02 Å². The molecule has 3 aromatic rings. The lowest BCUT2D eigenvalue weighted by atomic mass is 10.2. The van der Waals surface area contributed by atoms with Gasteiger partial charge in [0.1, 0.15) is 11.0 Å². The number of rotatable bonds is 7. The highest BCUT2D eigenvalue weighted by atomic mass is 35.5. The van der Waals surface area contributed by atoms with Crippen LogP contribution in [0.1, 0.15) is 21.4 Å². The standard InChI is InChI=1S/C19H15ClN2O6S/c20-14-5-9-16(10-6-14)29(26,27)18(17-2-1-11-28-17)12-21-19(23)13-3-7-15(8-4-13)22(24)25/h1-11,18H,12H2,(H,21,23)/t18-/m0/s1. The molecule has 1 amide bonds. The van der Waals surface area contributed by atoms with E-state index in [-0.39, 0.29) is 28.5 Å². The summed E-state index contributed by atoms with van der Waals surface area (Å²) in [5.74, 6) is -0.397. The molecular formula is C19H15ClN2O6S. The van der Waals surface area contributed by atoms with Crippen LogP contribution in [-0.2, 0) is 9.84 Å². The molecule has 150 valence electrons. The van der Waals surface area contributed by atoms with Crippen LogP contribution in [0.4, 0.5) is 5.69 Å². The van der Waals surface area contributed by atoms with E-state index in [0.717, 1.165) is 0 Å². The molecule has 0 unspecified atom stereocenters. The summed E-state index contributed by atoms with van der Waals surface area (Å²) in [5.41, 5.74) is 0.0121. The van der Waals surface area contributed by atoms with Crippen LogP contribution in [0.3, 0.4) is 0 Å². The number of carbonyl (C=O) groups excluding carboxylic acids is 1. The Bertz CT molecular complexity index is 1110. The largest absolute Gasteiger partial charge is 0.468 e. The number of non-ortho nitro benzene ring substituents is 1. The van der Waals surface area contributed by atoms with Crippen LogP contribution in [0, 0.1) is 10.1 Å². The fourth-order valence-electron chi connectivity index (χ4n) is 2.65. The SMILES string of the molecule is O=C(NC[C@@H](c1ccco1)S(=O)(=O)c1ccc(Cl)cc1)c1ccc([N+](=O)[O-])cc1. The van der Waals surface area contributed by atoms with Crippen molar-refractivity contribution in [3.8, 4) is 0 Å². The van der Waals surface area contributed by atoms with Gasteiger partial charge < -0.3 is 9.73 Å². The van der Waals surface area contributed by atoms with E-state index in [1.807, 2.05) is 0 Å². The predicted octanol–water partition coefficient (Wildman–Crippen LogP) is 3.79. The smallest absolute Gasteiger partial charge is 0.269 e. The average Bonchev–Trinajstić information content (AvgIpc) is 3.22. The van der Waals surface area contributed by atoms with Crippen LogP contribution in [0.2, 0.25) is 5.02 Å². The van der Waals surface area contributed by atoms with Gasteiger partial charge in [-0.2, -0.15) is 0 Å². The van der Waals surface area contributed by atoms with Gasteiger partial charge in [0.2, 0.25) is 0 Å². The first-order chi connectivity index (χ1) is 13.8. The lowest BCUT2D eigenvalue weighted by Crippen LogP contribution is -2.31. The molecule has 1 N–H and O–H groups in total. The molecule has 1 aromatic heterocycles. The number of halogens is 1. The topological polar surface area (TPSA) is 120 Å². The highest BCUT2D eigenvalue weighted by molar-refractivity contribution is 7.91. The monoisotopic (exact) mass is 434 g/mol. The number of benzene rings is 2. The average molecular weight is 435 g/mol. The molecular weight excluding hydrogens is 420 g/mol. The normalized spacial score (nSPS) is 12.3. The minimum Gasteiger partial charge on any atom is -0.468 e. The van der Waals surface area contributed by atoms with E-state index >= 15 is 0 Å². The number of hydrogen-bond acceptors (Lipinski definition) is 6. The molecule has 0 aliphatic heterocycles. The van der Waals surface area contributed by atoms with E-state index in [1.54, 1.807) is 6.07 Å². The highest BCUT2D eigenvalue weighted by Crippen LogP contribution is 2.29. The van der Waals surface area contributed by atoms with E-state index < -0.39 is 25.9 Å². The quantitative estimate of drug-likeness (QED) is 0.446. The lowest BCUT2D eigenvalue weighted by Gasteiger charge is -2.17. The molecule has 1 atom stereocenters. The van der Waals surface area contributed by atoms with E-state index in [4.69, 9.17) is 16.0 Å². The van der Waals surface area contributed by atoms with Crippen LogP contribution < -0.4 is 5.32 Å². The van der Waals surface area contributed by atoms with Gasteiger partial charge in [0.25, 0.3) is 11.6 Å². The van der Waals surface area contributed by atoms with Crippen molar-refractivity contribution in [3.63, 3.8) is 0 Å². The summed E-state index contributed by atoms with van der Waals surface area (Å²) in [6, 6.07) is 13.7. The first-order valence-corrected chi connectivity index (χ1v) is 10.3. The second-order valence-corrected chi connectivity index (χ2v) is 8.58. The third kappa shape index (κ3) is 4.64. The summed E-state index contributed by atoms with van der Waals surface area (Å²) in [4.78, 5) is 22.6. The van der Waals surface area contributed by atoms with Gasteiger partial charge in [0.05, 0.1) is 16.1 Å². The zero-order valence-electron chi connectivity index (χ0n) is 14.8. The Labute approximate surface area is 171 Å². The van der Waals surface area contributed by atoms with Crippen LogP contribution in [0.5, 0.6) is 0 Å². The maximum atomic E-state index is 13.1. The summed E-state index contributed by atoms with van der Waals surface area (Å²) in [6.45, 7) is -0.256. The molecule has 0 bridgehead atoms. The van der Waals surface area contributed by atoms with Gasteiger partial charge in [-0.25, -0.2) is 8.42 Å². The van der Waals surface area contributed by atoms with Crippen LogP contribution in [0.15, 0.2) is 76.2 Å². The van der Waals surface area contributed by atoms with Gasteiger partial charge in [-0.05, 0) is 48.5 Å². The second-order valence-electron chi connectivity index (χ2n) is 6.02. The zero-order valence-corrected chi connectivity index (χ0v) is 16.4. The van der Waals surface area contributed by atoms with Gasteiger partial charge in [0.15, 0.2) is 9.84 Å². The van der Waals surface area contributed by atoms with Gasteiger partial charge in [-0.1, -0.05) is 11.6 Å². The van der Waals surface area contributed by atoms with Gasteiger partial charge in [-0.3, -0.25) is 14.9 Å². The third-order valence-electron chi connectivity index (χ3n) is 4.17. The number of nitrogens with one attached hydrogen (secondary N) is 1. The summed E-state index contributed by atoms with van der Waals surface area (Å²) in [7, 11) is -3.89. The highest BCUT2D eigenvalue weighted by Gasteiger charge is 2.32. The maximum absolute atomic E-state index is 13.1. The van der Waals surface area contributed by atoms with Crippen molar-refractivity contribution >= 4 is 33.0 Å². The molecule has 0 aliphatic carbocycles. The summed E-state index contributed by atoms with van der Waals surface area (Å²) >= 11 is 5.83. The van der Waals surface area contributed by atoms with Crippen molar-refractivity contribution in [2.45, 2.75) is 10.1 Å². The molecule has 8 nitrogen and oxygen atoms in total. The van der Waals surface area contributed by atoms with E-state index in [2.05, 4.69) is 5.32 Å². The molecule has 0 spiro atoms. The van der Waals surface area contributed by atoms with Crippen molar-refractivity contribution in [2.75, 3.05) is 6.54 Å². The molecule has 10 heteroatoms. The molecule has 0 fully saturated rings. The number of amides is 1. The Hall–Kier alpha value is -3.17. The fraction of sp³-hybridized carbons (Fsp3) is 0.105. The number of nitro benzene ring substituents is 1. The Morgan fingerprint density at radius 2 is 1.76 bits per heavy atom. The van der Waals surface area contributed by atoms with Crippen LogP contribution in [-0.4, -0.2) is 25.8 Å². The molecule has 0 aliphatic rings. The molecule has 29 heavy (non-hydrogen) atoms. The second kappa shape index (κ2) is 8.46. The van der Waals surface area contributed by atoms with Gasteiger partial charge >= 0.3 is 0 Å². The number of sulfone groups is 1.